The minimum absolute atomic E-state index is 0.102. The van der Waals surface area contributed by atoms with E-state index in [2.05, 4.69) is 24.5 Å². The fourth-order valence-corrected chi connectivity index (χ4v) is 4.07. The quantitative estimate of drug-likeness (QED) is 0.345. The maximum atomic E-state index is 13.0. The normalized spacial score (nSPS) is 13.6. The van der Waals surface area contributed by atoms with E-state index in [0.29, 0.717) is 27.9 Å². The fraction of sp³-hybridized carbons (Fsp3) is 0.115. The molecule has 0 aliphatic carbocycles. The van der Waals surface area contributed by atoms with Crippen molar-refractivity contribution in [2.24, 2.45) is 0 Å². The van der Waals surface area contributed by atoms with Gasteiger partial charge >= 0.3 is 0 Å². The van der Waals surface area contributed by atoms with Crippen molar-refractivity contribution in [1.82, 2.24) is 0 Å². The standard InChI is InChI=1S/C26H20Cl3N3O3/c1-14(2)15-3-8-19(9-4-15)31-24(33)16-5-10-18(11-6-16)30-23-22(29)25(34)32(26(23)35)21-13-17(27)7-12-20(21)28/h3-14,30H,1-2H3,(H,31,33). The van der Waals surface area contributed by atoms with Crippen molar-refractivity contribution in [3.8, 4) is 0 Å². The first-order valence-electron chi connectivity index (χ1n) is 10.7. The van der Waals surface area contributed by atoms with Gasteiger partial charge in [0.2, 0.25) is 0 Å². The van der Waals surface area contributed by atoms with Crippen LogP contribution in [-0.2, 0) is 9.59 Å². The van der Waals surface area contributed by atoms with Crippen LogP contribution in [0.3, 0.4) is 0 Å². The predicted molar refractivity (Wildman–Crippen MR) is 140 cm³/mol. The Bertz CT molecular complexity index is 1350. The molecule has 178 valence electrons. The monoisotopic (exact) mass is 527 g/mol. The van der Waals surface area contributed by atoms with Crippen molar-refractivity contribution in [2.45, 2.75) is 19.8 Å². The van der Waals surface area contributed by atoms with Crippen LogP contribution in [0.25, 0.3) is 0 Å². The molecule has 9 heteroatoms. The van der Waals surface area contributed by atoms with Crippen LogP contribution in [0, 0.1) is 0 Å². The number of nitrogens with zero attached hydrogens (tertiary/aromatic N) is 1. The van der Waals surface area contributed by atoms with Gasteiger partial charge in [0, 0.05) is 22.0 Å². The zero-order chi connectivity index (χ0) is 25.3. The Morgan fingerprint density at radius 2 is 1.46 bits per heavy atom. The SMILES string of the molecule is CC(C)c1ccc(NC(=O)c2ccc(NC3=C(Cl)C(=O)N(c4cc(Cl)ccc4Cl)C3=O)cc2)cc1. The molecule has 35 heavy (non-hydrogen) atoms. The molecule has 6 nitrogen and oxygen atoms in total. The Labute approximate surface area is 217 Å². The van der Waals surface area contributed by atoms with Gasteiger partial charge in [-0.05, 0) is 66.1 Å². The third-order valence-electron chi connectivity index (χ3n) is 5.43. The molecule has 0 spiro atoms. The summed E-state index contributed by atoms with van der Waals surface area (Å²) in [5.41, 5.74) is 2.80. The van der Waals surface area contributed by atoms with Gasteiger partial charge in [0.05, 0.1) is 10.7 Å². The second-order valence-corrected chi connectivity index (χ2v) is 9.39. The first-order valence-corrected chi connectivity index (χ1v) is 11.8. The Balaban J connectivity index is 1.47. The molecule has 0 bridgehead atoms. The number of halogens is 3. The Morgan fingerprint density at radius 1 is 0.829 bits per heavy atom. The summed E-state index contributed by atoms with van der Waals surface area (Å²) in [7, 11) is 0. The molecule has 1 aliphatic rings. The van der Waals surface area contributed by atoms with Crippen LogP contribution in [-0.4, -0.2) is 17.7 Å². The smallest absolute Gasteiger partial charge is 0.283 e. The minimum Gasteiger partial charge on any atom is -0.350 e. The lowest BCUT2D eigenvalue weighted by Gasteiger charge is -2.17. The van der Waals surface area contributed by atoms with Crippen molar-refractivity contribution >= 4 is 69.6 Å². The summed E-state index contributed by atoms with van der Waals surface area (Å²) < 4.78 is 0. The lowest BCUT2D eigenvalue weighted by Crippen LogP contribution is -2.32. The van der Waals surface area contributed by atoms with E-state index in [1.54, 1.807) is 30.3 Å². The first-order chi connectivity index (χ1) is 16.7. The Hall–Kier alpha value is -3.32. The number of carbonyl (C=O) groups excluding carboxylic acids is 3. The highest BCUT2D eigenvalue weighted by atomic mass is 35.5. The van der Waals surface area contributed by atoms with Crippen LogP contribution in [0.4, 0.5) is 17.1 Å². The molecule has 3 aromatic carbocycles. The summed E-state index contributed by atoms with van der Waals surface area (Å²) in [6, 6.07) is 18.5. The molecule has 0 saturated carbocycles. The number of hydrogen-bond acceptors (Lipinski definition) is 4. The molecule has 0 fully saturated rings. The van der Waals surface area contributed by atoms with Gasteiger partial charge < -0.3 is 10.6 Å². The first kappa shape index (κ1) is 24.8. The van der Waals surface area contributed by atoms with Gasteiger partial charge in [-0.2, -0.15) is 0 Å². The molecular formula is C26H20Cl3N3O3. The average Bonchev–Trinajstić information content (AvgIpc) is 3.04. The zero-order valence-corrected chi connectivity index (χ0v) is 21.0. The summed E-state index contributed by atoms with van der Waals surface area (Å²) in [5.74, 6) is -1.27. The molecule has 3 aromatic rings. The van der Waals surface area contributed by atoms with E-state index in [1.165, 1.54) is 17.7 Å². The van der Waals surface area contributed by atoms with E-state index in [9.17, 15) is 14.4 Å². The van der Waals surface area contributed by atoms with Crippen molar-refractivity contribution in [3.05, 3.63) is 98.6 Å². The van der Waals surface area contributed by atoms with Gasteiger partial charge in [0.15, 0.2) is 0 Å². The molecule has 3 amide bonds. The molecule has 1 aliphatic heterocycles. The van der Waals surface area contributed by atoms with Crippen LogP contribution in [0.2, 0.25) is 10.0 Å². The lowest BCUT2D eigenvalue weighted by atomic mass is 10.0. The highest BCUT2D eigenvalue weighted by Gasteiger charge is 2.40. The van der Waals surface area contributed by atoms with Crippen molar-refractivity contribution in [1.29, 1.82) is 0 Å². The summed E-state index contributed by atoms with van der Waals surface area (Å²) in [4.78, 5) is 39.1. The molecule has 2 N–H and O–H groups in total. The number of hydrogen-bond donors (Lipinski definition) is 2. The van der Waals surface area contributed by atoms with Crippen LogP contribution < -0.4 is 15.5 Å². The van der Waals surface area contributed by atoms with Crippen LogP contribution >= 0.6 is 34.8 Å². The van der Waals surface area contributed by atoms with Crippen LogP contribution in [0.5, 0.6) is 0 Å². The van der Waals surface area contributed by atoms with Gasteiger partial charge in [-0.25, -0.2) is 4.90 Å². The summed E-state index contributed by atoms with van der Waals surface area (Å²) in [5, 5.41) is 5.93. The second kappa shape index (κ2) is 10.1. The fourth-order valence-electron chi connectivity index (χ4n) is 3.49. The van der Waals surface area contributed by atoms with E-state index in [4.69, 9.17) is 34.8 Å². The maximum absolute atomic E-state index is 13.0. The average molecular weight is 529 g/mol. The van der Waals surface area contributed by atoms with E-state index < -0.39 is 11.8 Å². The summed E-state index contributed by atoms with van der Waals surface area (Å²) in [6.45, 7) is 4.21. The number of anilines is 3. The molecule has 0 unspecified atom stereocenters. The molecule has 4 rings (SSSR count). The van der Waals surface area contributed by atoms with Gasteiger partial charge in [-0.15, -0.1) is 0 Å². The molecule has 0 saturated heterocycles. The zero-order valence-electron chi connectivity index (χ0n) is 18.7. The largest absolute Gasteiger partial charge is 0.350 e. The molecule has 0 aromatic heterocycles. The molecular weight excluding hydrogens is 509 g/mol. The van der Waals surface area contributed by atoms with Crippen molar-refractivity contribution in [3.63, 3.8) is 0 Å². The van der Waals surface area contributed by atoms with E-state index in [0.717, 1.165) is 4.90 Å². The van der Waals surface area contributed by atoms with E-state index in [-0.39, 0.29) is 27.3 Å². The van der Waals surface area contributed by atoms with Gasteiger partial charge in [-0.3, -0.25) is 14.4 Å². The van der Waals surface area contributed by atoms with E-state index >= 15 is 0 Å². The van der Waals surface area contributed by atoms with Gasteiger partial charge in [0.1, 0.15) is 10.7 Å². The third kappa shape index (κ3) is 5.20. The van der Waals surface area contributed by atoms with Crippen LogP contribution in [0.1, 0.15) is 35.7 Å². The predicted octanol–water partition coefficient (Wildman–Crippen LogP) is 6.80. The van der Waals surface area contributed by atoms with E-state index in [1.807, 2.05) is 24.3 Å². The minimum atomic E-state index is -0.720. The summed E-state index contributed by atoms with van der Waals surface area (Å²) in [6.07, 6.45) is 0. The topological polar surface area (TPSA) is 78.5 Å². The maximum Gasteiger partial charge on any atom is 0.283 e. The Kier molecular flexibility index (Phi) is 7.17. The molecule has 1 heterocycles. The lowest BCUT2D eigenvalue weighted by molar-refractivity contribution is -0.120. The van der Waals surface area contributed by atoms with Gasteiger partial charge in [-0.1, -0.05) is 60.8 Å². The molecule has 0 atom stereocenters. The third-order valence-corrected chi connectivity index (χ3v) is 6.33. The number of rotatable bonds is 6. The van der Waals surface area contributed by atoms with Gasteiger partial charge in [0.25, 0.3) is 17.7 Å². The van der Waals surface area contributed by atoms with Crippen LogP contribution in [0.15, 0.2) is 77.5 Å². The van der Waals surface area contributed by atoms with Crippen molar-refractivity contribution < 1.29 is 14.4 Å². The highest BCUT2D eigenvalue weighted by Crippen LogP contribution is 2.35. The number of benzene rings is 3. The number of carbonyl (C=O) groups is 3. The second-order valence-electron chi connectivity index (χ2n) is 8.16. The highest BCUT2D eigenvalue weighted by molar-refractivity contribution is 6.54. The Morgan fingerprint density at radius 3 is 2.09 bits per heavy atom. The molecule has 0 radical (unpaired) electrons. The summed E-state index contributed by atoms with van der Waals surface area (Å²) >= 11 is 18.3. The number of imide groups is 1. The van der Waals surface area contributed by atoms with Crippen molar-refractivity contribution in [2.75, 3.05) is 15.5 Å². The number of nitrogens with one attached hydrogen (secondary N) is 2. The number of amides is 3.